The van der Waals surface area contributed by atoms with Crippen molar-refractivity contribution in [3.63, 3.8) is 0 Å². The molecule has 0 aromatic heterocycles. The highest BCUT2D eigenvalue weighted by atomic mass is 79.9. The van der Waals surface area contributed by atoms with Crippen LogP contribution in [-0.4, -0.2) is 39.8 Å². The molecule has 0 aliphatic rings. The van der Waals surface area contributed by atoms with E-state index in [1.807, 2.05) is 18.2 Å². The molecule has 1 rings (SSSR count). The number of rotatable bonds is 7. The third-order valence-corrected chi connectivity index (χ3v) is 2.85. The molecule has 0 aliphatic heterocycles. The molecule has 0 saturated carbocycles. The molecule has 0 atom stereocenters. The number of hydrogen-bond acceptors (Lipinski definition) is 4. The number of benzene rings is 1. The van der Waals surface area contributed by atoms with Gasteiger partial charge in [0.15, 0.2) is 0 Å². The Morgan fingerprint density at radius 1 is 1.39 bits per heavy atom. The molecule has 18 heavy (non-hydrogen) atoms. The second-order valence-electron chi connectivity index (χ2n) is 3.55. The van der Waals surface area contributed by atoms with Crippen molar-refractivity contribution in [2.45, 2.75) is 0 Å². The number of methoxy groups -OCH3 is 2. The summed E-state index contributed by atoms with van der Waals surface area (Å²) in [7, 11) is 3.20. The van der Waals surface area contributed by atoms with E-state index < -0.39 is 0 Å². The predicted octanol–water partition coefficient (Wildman–Crippen LogP) is 1.63. The average Bonchev–Trinajstić information content (AvgIpc) is 2.37. The summed E-state index contributed by atoms with van der Waals surface area (Å²) >= 11 is 3.38. The minimum absolute atomic E-state index is 0.0704. The number of carbonyl (C=O) groups is 1. The Morgan fingerprint density at radius 2 is 2.17 bits per heavy atom. The van der Waals surface area contributed by atoms with Gasteiger partial charge in [-0.15, -0.1) is 0 Å². The quantitative estimate of drug-likeness (QED) is 0.751. The highest BCUT2D eigenvalue weighted by Crippen LogP contribution is 2.27. The van der Waals surface area contributed by atoms with Crippen molar-refractivity contribution in [2.24, 2.45) is 0 Å². The van der Waals surface area contributed by atoms with Gasteiger partial charge in [0.25, 0.3) is 0 Å². The van der Waals surface area contributed by atoms with Crippen LogP contribution < -0.4 is 15.4 Å². The van der Waals surface area contributed by atoms with Crippen molar-refractivity contribution in [1.29, 1.82) is 0 Å². The molecule has 0 bridgehead atoms. The number of anilines is 1. The zero-order chi connectivity index (χ0) is 13.4. The Morgan fingerprint density at radius 3 is 2.78 bits per heavy atom. The SMILES string of the molecule is COCCNC(=O)CNc1ccc(OC)c(Br)c1. The number of halogens is 1. The summed E-state index contributed by atoms with van der Waals surface area (Å²) in [5, 5.41) is 5.75. The number of ether oxygens (including phenoxy) is 2. The maximum atomic E-state index is 11.4. The van der Waals surface area contributed by atoms with Gasteiger partial charge in [0, 0.05) is 19.3 Å². The summed E-state index contributed by atoms with van der Waals surface area (Å²) in [5.41, 5.74) is 0.851. The fourth-order valence-electron chi connectivity index (χ4n) is 1.31. The van der Waals surface area contributed by atoms with Crippen LogP contribution in [0, 0.1) is 0 Å². The lowest BCUT2D eigenvalue weighted by atomic mass is 10.3. The highest BCUT2D eigenvalue weighted by Gasteiger charge is 2.03. The molecule has 0 radical (unpaired) electrons. The van der Waals surface area contributed by atoms with Gasteiger partial charge in [0.2, 0.25) is 5.91 Å². The van der Waals surface area contributed by atoms with Gasteiger partial charge in [0.1, 0.15) is 5.75 Å². The van der Waals surface area contributed by atoms with Gasteiger partial charge in [-0.1, -0.05) is 0 Å². The molecule has 0 saturated heterocycles. The molecule has 100 valence electrons. The van der Waals surface area contributed by atoms with Gasteiger partial charge < -0.3 is 20.1 Å². The Balaban J connectivity index is 2.39. The highest BCUT2D eigenvalue weighted by molar-refractivity contribution is 9.10. The van der Waals surface area contributed by atoms with Gasteiger partial charge in [0.05, 0.1) is 24.7 Å². The second kappa shape index (κ2) is 7.94. The first-order valence-electron chi connectivity index (χ1n) is 5.50. The fourth-order valence-corrected chi connectivity index (χ4v) is 1.85. The van der Waals surface area contributed by atoms with E-state index in [0.717, 1.165) is 15.9 Å². The van der Waals surface area contributed by atoms with Crippen molar-refractivity contribution in [3.8, 4) is 5.75 Å². The van der Waals surface area contributed by atoms with Crippen LogP contribution in [0.5, 0.6) is 5.75 Å². The molecule has 5 nitrogen and oxygen atoms in total. The molecule has 0 aliphatic carbocycles. The second-order valence-corrected chi connectivity index (χ2v) is 4.40. The molecule has 0 spiro atoms. The van der Waals surface area contributed by atoms with Gasteiger partial charge in [-0.25, -0.2) is 0 Å². The fraction of sp³-hybridized carbons (Fsp3) is 0.417. The van der Waals surface area contributed by atoms with Crippen molar-refractivity contribution in [3.05, 3.63) is 22.7 Å². The summed E-state index contributed by atoms with van der Waals surface area (Å²) in [5.74, 6) is 0.684. The van der Waals surface area contributed by atoms with Gasteiger partial charge in [-0.05, 0) is 34.1 Å². The molecule has 1 aromatic carbocycles. The molecule has 0 fully saturated rings. The monoisotopic (exact) mass is 316 g/mol. The first-order valence-corrected chi connectivity index (χ1v) is 6.29. The molecular formula is C12H17BrN2O3. The van der Waals surface area contributed by atoms with Crippen molar-refractivity contribution in [2.75, 3.05) is 39.2 Å². The number of carbonyl (C=O) groups excluding carboxylic acids is 1. The van der Waals surface area contributed by atoms with Crippen LogP contribution >= 0.6 is 15.9 Å². The van der Waals surface area contributed by atoms with Gasteiger partial charge >= 0.3 is 0 Å². The predicted molar refractivity (Wildman–Crippen MR) is 74.1 cm³/mol. The first kappa shape index (κ1) is 14.8. The first-order chi connectivity index (χ1) is 8.67. The lowest BCUT2D eigenvalue weighted by Gasteiger charge is -2.09. The Labute approximate surface area is 115 Å². The van der Waals surface area contributed by atoms with Crippen molar-refractivity contribution >= 4 is 27.5 Å². The largest absolute Gasteiger partial charge is 0.496 e. The topological polar surface area (TPSA) is 59.6 Å². The summed E-state index contributed by atoms with van der Waals surface area (Å²) in [6.45, 7) is 1.26. The number of amides is 1. The minimum Gasteiger partial charge on any atom is -0.496 e. The molecule has 1 aromatic rings. The molecule has 1 amide bonds. The van der Waals surface area contributed by atoms with Crippen LogP contribution in [0.1, 0.15) is 0 Å². The maximum Gasteiger partial charge on any atom is 0.239 e. The number of nitrogens with one attached hydrogen (secondary N) is 2. The summed E-state index contributed by atoms with van der Waals surface area (Å²) in [6, 6.07) is 5.54. The molecule has 6 heteroatoms. The van der Waals surface area contributed by atoms with Gasteiger partial charge in [-0.3, -0.25) is 4.79 Å². The smallest absolute Gasteiger partial charge is 0.239 e. The third-order valence-electron chi connectivity index (χ3n) is 2.23. The minimum atomic E-state index is -0.0704. The van der Waals surface area contributed by atoms with Crippen LogP contribution in [0.4, 0.5) is 5.69 Å². The summed E-state index contributed by atoms with van der Waals surface area (Å²) in [6.07, 6.45) is 0. The third kappa shape index (κ3) is 4.93. The van der Waals surface area contributed by atoms with Crippen LogP contribution in [-0.2, 0) is 9.53 Å². The summed E-state index contributed by atoms with van der Waals surface area (Å²) < 4.78 is 10.8. The standard InChI is InChI=1S/C12H17BrN2O3/c1-17-6-5-14-12(16)8-15-9-3-4-11(18-2)10(13)7-9/h3-4,7,15H,5-6,8H2,1-2H3,(H,14,16). The Kier molecular flexibility index (Phi) is 6.53. The van der Waals surface area contributed by atoms with E-state index in [0.29, 0.717) is 13.2 Å². The molecule has 2 N–H and O–H groups in total. The van der Waals surface area contributed by atoms with Crippen LogP contribution in [0.15, 0.2) is 22.7 Å². The van der Waals surface area contributed by atoms with E-state index in [9.17, 15) is 4.79 Å². The lowest BCUT2D eigenvalue weighted by Crippen LogP contribution is -2.32. The van der Waals surface area contributed by atoms with E-state index in [4.69, 9.17) is 9.47 Å². The maximum absolute atomic E-state index is 11.4. The lowest BCUT2D eigenvalue weighted by molar-refractivity contribution is -0.119. The zero-order valence-electron chi connectivity index (χ0n) is 10.5. The Bertz CT molecular complexity index is 399. The van der Waals surface area contributed by atoms with Crippen LogP contribution in [0.25, 0.3) is 0 Å². The van der Waals surface area contributed by atoms with E-state index in [2.05, 4.69) is 26.6 Å². The molecular weight excluding hydrogens is 300 g/mol. The summed E-state index contributed by atoms with van der Waals surface area (Å²) in [4.78, 5) is 11.4. The Hall–Kier alpha value is -1.27. The van der Waals surface area contributed by atoms with Gasteiger partial charge in [-0.2, -0.15) is 0 Å². The van der Waals surface area contributed by atoms with E-state index in [-0.39, 0.29) is 12.5 Å². The van der Waals surface area contributed by atoms with E-state index >= 15 is 0 Å². The average molecular weight is 317 g/mol. The van der Waals surface area contributed by atoms with Crippen molar-refractivity contribution in [1.82, 2.24) is 5.32 Å². The van der Waals surface area contributed by atoms with Crippen LogP contribution in [0.2, 0.25) is 0 Å². The van der Waals surface area contributed by atoms with Crippen molar-refractivity contribution < 1.29 is 14.3 Å². The normalized spacial score (nSPS) is 9.94. The molecule has 0 heterocycles. The number of hydrogen-bond donors (Lipinski definition) is 2. The van der Waals surface area contributed by atoms with E-state index in [1.54, 1.807) is 14.2 Å². The molecule has 0 unspecified atom stereocenters. The van der Waals surface area contributed by atoms with Crippen LogP contribution in [0.3, 0.4) is 0 Å². The zero-order valence-corrected chi connectivity index (χ0v) is 12.0. The van der Waals surface area contributed by atoms with E-state index in [1.165, 1.54) is 0 Å².